The number of aromatic nitrogens is 1. The SMILES string of the molecule is CC(C)C[C@H](NC(=O)CSc1nc(N)cc(N)c1C#N)c1ccccc1. The van der Waals surface area contributed by atoms with Gasteiger partial charge in [-0.3, -0.25) is 4.79 Å². The summed E-state index contributed by atoms with van der Waals surface area (Å²) in [6.07, 6.45) is 0.841. The Balaban J connectivity index is 2.06. The van der Waals surface area contributed by atoms with Crippen LogP contribution in [0.5, 0.6) is 0 Å². The lowest BCUT2D eigenvalue weighted by atomic mass is 9.97. The fraction of sp³-hybridized carbons (Fsp3) is 0.316. The predicted molar refractivity (Wildman–Crippen MR) is 105 cm³/mol. The first-order chi connectivity index (χ1) is 12.4. The summed E-state index contributed by atoms with van der Waals surface area (Å²) in [6, 6.07) is 13.3. The molecule has 0 saturated carbocycles. The molecule has 7 heteroatoms. The lowest BCUT2D eigenvalue weighted by molar-refractivity contribution is -0.119. The van der Waals surface area contributed by atoms with Crippen molar-refractivity contribution in [3.05, 3.63) is 47.5 Å². The predicted octanol–water partition coefficient (Wildman–Crippen LogP) is 3.11. The van der Waals surface area contributed by atoms with Gasteiger partial charge in [0.2, 0.25) is 5.91 Å². The third-order valence-electron chi connectivity index (χ3n) is 3.73. The van der Waals surface area contributed by atoms with E-state index in [2.05, 4.69) is 24.1 Å². The molecule has 1 aromatic heterocycles. The molecule has 0 aliphatic heterocycles. The maximum absolute atomic E-state index is 12.4. The van der Waals surface area contributed by atoms with E-state index in [1.54, 1.807) is 0 Å². The molecule has 5 N–H and O–H groups in total. The fourth-order valence-corrected chi connectivity index (χ4v) is 3.41. The first-order valence-electron chi connectivity index (χ1n) is 8.34. The highest BCUT2D eigenvalue weighted by molar-refractivity contribution is 8.00. The molecule has 136 valence electrons. The summed E-state index contributed by atoms with van der Waals surface area (Å²) >= 11 is 1.16. The zero-order valence-corrected chi connectivity index (χ0v) is 15.7. The number of nitrogens with zero attached hydrogens (tertiary/aromatic N) is 2. The summed E-state index contributed by atoms with van der Waals surface area (Å²) in [5.41, 5.74) is 13.1. The number of anilines is 2. The van der Waals surface area contributed by atoms with Gasteiger partial charge in [0.25, 0.3) is 0 Å². The van der Waals surface area contributed by atoms with Gasteiger partial charge >= 0.3 is 0 Å². The molecule has 0 radical (unpaired) electrons. The molecule has 0 spiro atoms. The lowest BCUT2D eigenvalue weighted by Crippen LogP contribution is -2.31. The molecule has 1 amide bonds. The van der Waals surface area contributed by atoms with Crippen molar-refractivity contribution in [3.8, 4) is 6.07 Å². The van der Waals surface area contributed by atoms with Crippen LogP contribution < -0.4 is 16.8 Å². The Morgan fingerprint density at radius 2 is 2.00 bits per heavy atom. The van der Waals surface area contributed by atoms with Crippen molar-refractivity contribution in [1.29, 1.82) is 5.26 Å². The van der Waals surface area contributed by atoms with Crippen molar-refractivity contribution >= 4 is 29.2 Å². The maximum Gasteiger partial charge on any atom is 0.230 e. The number of hydrogen-bond acceptors (Lipinski definition) is 6. The first kappa shape index (κ1) is 19.6. The number of carbonyl (C=O) groups is 1. The molecule has 2 rings (SSSR count). The number of nitrogens with one attached hydrogen (secondary N) is 1. The van der Waals surface area contributed by atoms with Crippen LogP contribution in [-0.4, -0.2) is 16.6 Å². The molecule has 1 aromatic carbocycles. The highest BCUT2D eigenvalue weighted by Crippen LogP contribution is 2.27. The van der Waals surface area contributed by atoms with E-state index in [0.29, 0.717) is 10.9 Å². The number of nitrogens with two attached hydrogens (primary N) is 2. The topological polar surface area (TPSA) is 118 Å². The molecule has 0 unspecified atom stereocenters. The molecule has 26 heavy (non-hydrogen) atoms. The number of thioether (sulfide) groups is 1. The van der Waals surface area contributed by atoms with E-state index in [9.17, 15) is 10.1 Å². The Kier molecular flexibility index (Phi) is 6.87. The third-order valence-corrected chi connectivity index (χ3v) is 4.71. The number of hydrogen-bond donors (Lipinski definition) is 3. The lowest BCUT2D eigenvalue weighted by Gasteiger charge is -2.21. The molecule has 0 saturated heterocycles. The standard InChI is InChI=1S/C19H23N5OS/c1-12(2)8-16(13-6-4-3-5-7-13)23-18(25)11-26-19-14(10-20)15(21)9-17(22)24-19/h3-7,9,12,16H,8,11H2,1-2H3,(H,23,25)(H4,21,22,24)/t16-/m0/s1. The molecule has 1 heterocycles. The number of nitrogen functional groups attached to an aromatic ring is 2. The number of benzene rings is 1. The van der Waals surface area contributed by atoms with Gasteiger partial charge in [-0.05, 0) is 17.9 Å². The van der Waals surface area contributed by atoms with Gasteiger partial charge in [0, 0.05) is 6.07 Å². The zero-order chi connectivity index (χ0) is 19.1. The van der Waals surface area contributed by atoms with Crippen molar-refractivity contribution in [2.24, 2.45) is 5.92 Å². The minimum Gasteiger partial charge on any atom is -0.397 e. The van der Waals surface area contributed by atoms with Crippen molar-refractivity contribution in [2.75, 3.05) is 17.2 Å². The van der Waals surface area contributed by atoms with Gasteiger partial charge in [0.15, 0.2) is 0 Å². The fourth-order valence-electron chi connectivity index (χ4n) is 2.58. The summed E-state index contributed by atoms with van der Waals surface area (Å²) in [5.74, 6) is 0.669. The summed E-state index contributed by atoms with van der Waals surface area (Å²) < 4.78 is 0. The molecular formula is C19H23N5OS. The molecule has 6 nitrogen and oxygen atoms in total. The molecule has 1 atom stereocenters. The highest BCUT2D eigenvalue weighted by atomic mass is 32.2. The van der Waals surface area contributed by atoms with E-state index in [-0.39, 0.29) is 34.8 Å². The van der Waals surface area contributed by atoms with E-state index in [1.807, 2.05) is 36.4 Å². The number of nitriles is 1. The second kappa shape index (κ2) is 9.11. The molecule has 2 aromatic rings. The number of amides is 1. The first-order valence-corrected chi connectivity index (χ1v) is 9.32. The van der Waals surface area contributed by atoms with Crippen LogP contribution in [0.1, 0.15) is 37.4 Å². The minimum absolute atomic E-state index is 0.0568. The number of pyridine rings is 1. The van der Waals surface area contributed by atoms with Crippen LogP contribution >= 0.6 is 11.8 Å². The number of carbonyl (C=O) groups excluding carboxylic acids is 1. The third kappa shape index (κ3) is 5.39. The van der Waals surface area contributed by atoms with E-state index in [4.69, 9.17) is 11.5 Å². The van der Waals surface area contributed by atoms with Crippen molar-refractivity contribution in [3.63, 3.8) is 0 Å². The van der Waals surface area contributed by atoms with Gasteiger partial charge in [0.05, 0.1) is 17.5 Å². The Morgan fingerprint density at radius 3 is 2.62 bits per heavy atom. The Labute approximate surface area is 158 Å². The van der Waals surface area contributed by atoms with Crippen LogP contribution in [0.4, 0.5) is 11.5 Å². The smallest absolute Gasteiger partial charge is 0.230 e. The second-order valence-electron chi connectivity index (χ2n) is 6.38. The minimum atomic E-state index is -0.129. The maximum atomic E-state index is 12.4. The zero-order valence-electron chi connectivity index (χ0n) is 14.9. The molecule has 0 aliphatic rings. The van der Waals surface area contributed by atoms with Crippen molar-refractivity contribution in [2.45, 2.75) is 31.3 Å². The average Bonchev–Trinajstić information content (AvgIpc) is 2.59. The van der Waals surface area contributed by atoms with E-state index in [1.165, 1.54) is 6.07 Å². The molecule has 0 fully saturated rings. The Morgan fingerprint density at radius 1 is 1.31 bits per heavy atom. The van der Waals surface area contributed by atoms with E-state index in [0.717, 1.165) is 23.7 Å². The second-order valence-corrected chi connectivity index (χ2v) is 7.34. The Hall–Kier alpha value is -2.72. The molecular weight excluding hydrogens is 346 g/mol. The summed E-state index contributed by atoms with van der Waals surface area (Å²) in [6.45, 7) is 4.24. The van der Waals surface area contributed by atoms with Crippen LogP contribution in [0.15, 0.2) is 41.4 Å². The molecule has 0 bridgehead atoms. The normalized spacial score (nSPS) is 11.8. The number of rotatable bonds is 7. The van der Waals surface area contributed by atoms with Crippen LogP contribution in [0.3, 0.4) is 0 Å². The van der Waals surface area contributed by atoms with Crippen molar-refractivity contribution in [1.82, 2.24) is 10.3 Å². The highest BCUT2D eigenvalue weighted by Gasteiger charge is 2.17. The molecule has 0 aliphatic carbocycles. The van der Waals surface area contributed by atoms with Gasteiger partial charge < -0.3 is 16.8 Å². The Bertz CT molecular complexity index is 802. The van der Waals surface area contributed by atoms with Gasteiger partial charge in [-0.2, -0.15) is 5.26 Å². The summed E-state index contributed by atoms with van der Waals surface area (Å²) in [5, 5.41) is 12.7. The monoisotopic (exact) mass is 369 g/mol. The van der Waals surface area contributed by atoms with Gasteiger partial charge in [-0.15, -0.1) is 0 Å². The summed E-state index contributed by atoms with van der Waals surface area (Å²) in [4.78, 5) is 16.6. The van der Waals surface area contributed by atoms with Gasteiger partial charge in [-0.25, -0.2) is 4.98 Å². The summed E-state index contributed by atoms with van der Waals surface area (Å²) in [7, 11) is 0. The van der Waals surface area contributed by atoms with Crippen LogP contribution in [0.2, 0.25) is 0 Å². The van der Waals surface area contributed by atoms with E-state index >= 15 is 0 Å². The van der Waals surface area contributed by atoms with Gasteiger partial charge in [-0.1, -0.05) is 55.9 Å². The average molecular weight is 369 g/mol. The van der Waals surface area contributed by atoms with Crippen molar-refractivity contribution < 1.29 is 4.79 Å². The largest absolute Gasteiger partial charge is 0.397 e. The van der Waals surface area contributed by atoms with Gasteiger partial charge in [0.1, 0.15) is 22.5 Å². The van der Waals surface area contributed by atoms with Crippen LogP contribution in [0, 0.1) is 17.2 Å². The van der Waals surface area contributed by atoms with Crippen LogP contribution in [0.25, 0.3) is 0 Å². The quantitative estimate of drug-likeness (QED) is 0.645. The van der Waals surface area contributed by atoms with Crippen LogP contribution in [-0.2, 0) is 4.79 Å². The van der Waals surface area contributed by atoms with E-state index < -0.39 is 0 Å².